The summed E-state index contributed by atoms with van der Waals surface area (Å²) in [4.78, 5) is 19.2. The maximum Gasteiger partial charge on any atom is 0.299 e. The number of benzene rings is 1. The number of carbonyl (C=O) groups is 1. The molecular weight excluding hydrogens is 370 g/mol. The first-order valence-corrected chi connectivity index (χ1v) is 8.78. The molecule has 25 heavy (non-hydrogen) atoms. The van der Waals surface area contributed by atoms with Crippen LogP contribution in [0, 0.1) is 13.8 Å². The van der Waals surface area contributed by atoms with Crippen molar-refractivity contribution in [2.45, 2.75) is 19.0 Å². The SMILES string of the molecule is Cc1ccn2nc(S(=O)(=O)Nc3c(C(=O)[O-])ccc(Cl)c3C)nc2n1. The fraction of sp³-hybridized carbons (Fsp3) is 0.143. The molecule has 2 heterocycles. The van der Waals surface area contributed by atoms with Gasteiger partial charge in [0.1, 0.15) is 0 Å². The number of carboxylic acid groups (broad SMARTS) is 1. The summed E-state index contributed by atoms with van der Waals surface area (Å²) in [6.45, 7) is 3.21. The quantitative estimate of drug-likeness (QED) is 0.699. The third-order valence-corrected chi connectivity index (χ3v) is 4.96. The lowest BCUT2D eigenvalue weighted by atomic mass is 10.1. The number of hydrogen-bond acceptors (Lipinski definition) is 7. The molecule has 9 nitrogen and oxygen atoms in total. The van der Waals surface area contributed by atoms with E-state index in [4.69, 9.17) is 11.6 Å². The first kappa shape index (κ1) is 17.1. The van der Waals surface area contributed by atoms with Crippen LogP contribution in [0.3, 0.4) is 0 Å². The van der Waals surface area contributed by atoms with Crippen LogP contribution in [-0.4, -0.2) is 34.0 Å². The zero-order chi connectivity index (χ0) is 18.4. The molecule has 1 N–H and O–H groups in total. The highest BCUT2D eigenvalue weighted by Gasteiger charge is 2.24. The maximum atomic E-state index is 12.6. The smallest absolute Gasteiger partial charge is 0.299 e. The molecule has 130 valence electrons. The minimum Gasteiger partial charge on any atom is -0.545 e. The van der Waals surface area contributed by atoms with Crippen molar-refractivity contribution in [3.05, 3.63) is 46.2 Å². The minimum absolute atomic E-state index is 0.100. The second kappa shape index (κ2) is 5.97. The Hall–Kier alpha value is -2.72. The maximum absolute atomic E-state index is 12.6. The van der Waals surface area contributed by atoms with Crippen molar-refractivity contribution in [3.8, 4) is 0 Å². The largest absolute Gasteiger partial charge is 0.545 e. The zero-order valence-electron chi connectivity index (χ0n) is 13.0. The fourth-order valence-corrected chi connectivity index (χ4v) is 3.31. The molecule has 0 radical (unpaired) electrons. The molecule has 0 aliphatic rings. The summed E-state index contributed by atoms with van der Waals surface area (Å²) in [6, 6.07) is 4.14. The molecule has 0 unspecified atom stereocenters. The van der Waals surface area contributed by atoms with Crippen LogP contribution in [-0.2, 0) is 10.0 Å². The van der Waals surface area contributed by atoms with E-state index in [-0.39, 0.29) is 27.6 Å². The molecule has 2 aromatic heterocycles. The van der Waals surface area contributed by atoms with Crippen molar-refractivity contribution in [1.29, 1.82) is 0 Å². The van der Waals surface area contributed by atoms with Crippen LogP contribution in [0.25, 0.3) is 5.78 Å². The van der Waals surface area contributed by atoms with Gasteiger partial charge in [-0.3, -0.25) is 4.72 Å². The van der Waals surface area contributed by atoms with E-state index in [1.54, 1.807) is 13.0 Å². The van der Waals surface area contributed by atoms with E-state index in [1.165, 1.54) is 23.7 Å². The average Bonchev–Trinajstić information content (AvgIpc) is 2.95. The number of sulfonamides is 1. The Kier molecular flexibility index (Phi) is 4.09. The molecule has 0 aliphatic carbocycles. The molecule has 11 heteroatoms. The number of aromatic carboxylic acids is 1. The third kappa shape index (κ3) is 3.13. The predicted molar refractivity (Wildman–Crippen MR) is 86.8 cm³/mol. The van der Waals surface area contributed by atoms with Crippen LogP contribution in [0.2, 0.25) is 5.02 Å². The summed E-state index contributed by atoms with van der Waals surface area (Å²) in [6.07, 6.45) is 1.51. The Balaban J connectivity index is 2.10. The molecular formula is C14H11ClN5O4S-. The van der Waals surface area contributed by atoms with E-state index in [0.29, 0.717) is 5.69 Å². The molecule has 0 spiro atoms. The van der Waals surface area contributed by atoms with E-state index < -0.39 is 21.1 Å². The average molecular weight is 381 g/mol. The second-order valence-electron chi connectivity index (χ2n) is 5.20. The van der Waals surface area contributed by atoms with Crippen LogP contribution in [0.1, 0.15) is 21.6 Å². The Bertz CT molecular complexity index is 1110. The normalized spacial score (nSPS) is 11.6. The van der Waals surface area contributed by atoms with Gasteiger partial charge in [0.25, 0.3) is 21.0 Å². The van der Waals surface area contributed by atoms with Crippen molar-refractivity contribution in [1.82, 2.24) is 19.6 Å². The molecule has 0 bridgehead atoms. The van der Waals surface area contributed by atoms with Crippen molar-refractivity contribution in [2.75, 3.05) is 4.72 Å². The van der Waals surface area contributed by atoms with Crippen LogP contribution in [0.5, 0.6) is 0 Å². The van der Waals surface area contributed by atoms with E-state index in [9.17, 15) is 18.3 Å². The minimum atomic E-state index is -4.27. The zero-order valence-corrected chi connectivity index (χ0v) is 14.6. The Labute approximate surface area is 147 Å². The van der Waals surface area contributed by atoms with Gasteiger partial charge in [-0.05, 0) is 37.6 Å². The summed E-state index contributed by atoms with van der Waals surface area (Å²) >= 11 is 5.95. The standard InChI is InChI=1S/C14H12ClN5O4S/c1-7-5-6-20-13(16-7)17-14(18-20)25(23,24)19-11-8(2)10(15)4-3-9(11)12(21)22/h3-6,19H,1-2H3,(H,21,22)/p-1. The van der Waals surface area contributed by atoms with Crippen LogP contribution in [0.15, 0.2) is 29.6 Å². The van der Waals surface area contributed by atoms with Crippen molar-refractivity contribution < 1.29 is 18.3 Å². The van der Waals surface area contributed by atoms with Crippen molar-refractivity contribution in [3.63, 3.8) is 0 Å². The summed E-state index contributed by atoms with van der Waals surface area (Å²) in [5.74, 6) is -1.44. The lowest BCUT2D eigenvalue weighted by Gasteiger charge is -2.15. The van der Waals surface area contributed by atoms with E-state index in [0.717, 1.165) is 6.07 Å². The Morgan fingerprint density at radius 3 is 2.64 bits per heavy atom. The van der Waals surface area contributed by atoms with Gasteiger partial charge in [-0.15, -0.1) is 5.10 Å². The fourth-order valence-electron chi connectivity index (χ4n) is 2.13. The number of hydrogen-bond donors (Lipinski definition) is 1. The van der Waals surface area contributed by atoms with Crippen molar-refractivity contribution >= 4 is 39.1 Å². The summed E-state index contributed by atoms with van der Waals surface area (Å²) in [5.41, 5.74) is 0.338. The van der Waals surface area contributed by atoms with Gasteiger partial charge in [0, 0.05) is 22.5 Å². The van der Waals surface area contributed by atoms with Gasteiger partial charge in [0.2, 0.25) is 0 Å². The van der Waals surface area contributed by atoms with Crippen LogP contribution >= 0.6 is 11.6 Å². The summed E-state index contributed by atoms with van der Waals surface area (Å²) in [7, 11) is -4.27. The first-order chi connectivity index (χ1) is 11.7. The molecule has 3 aromatic rings. The van der Waals surface area contributed by atoms with Gasteiger partial charge >= 0.3 is 0 Å². The Morgan fingerprint density at radius 1 is 1.24 bits per heavy atom. The molecule has 0 atom stereocenters. The number of halogens is 1. The molecule has 1 aromatic carbocycles. The first-order valence-electron chi connectivity index (χ1n) is 6.92. The van der Waals surface area contributed by atoms with E-state index in [2.05, 4.69) is 19.8 Å². The molecule has 0 saturated heterocycles. The van der Waals surface area contributed by atoms with Gasteiger partial charge in [-0.25, -0.2) is 9.50 Å². The lowest BCUT2D eigenvalue weighted by molar-refractivity contribution is -0.254. The second-order valence-corrected chi connectivity index (χ2v) is 7.18. The number of fused-ring (bicyclic) bond motifs is 1. The van der Waals surface area contributed by atoms with Gasteiger partial charge in [0.15, 0.2) is 0 Å². The monoisotopic (exact) mass is 380 g/mol. The number of carbonyl (C=O) groups excluding carboxylic acids is 1. The highest BCUT2D eigenvalue weighted by atomic mass is 35.5. The number of nitrogens with one attached hydrogen (secondary N) is 1. The number of rotatable bonds is 4. The van der Waals surface area contributed by atoms with Crippen LogP contribution < -0.4 is 9.83 Å². The third-order valence-electron chi connectivity index (χ3n) is 3.42. The van der Waals surface area contributed by atoms with Gasteiger partial charge in [0.05, 0.1) is 11.7 Å². The van der Waals surface area contributed by atoms with Gasteiger partial charge in [-0.2, -0.15) is 13.4 Å². The van der Waals surface area contributed by atoms with Crippen LogP contribution in [0.4, 0.5) is 5.69 Å². The van der Waals surface area contributed by atoms with E-state index >= 15 is 0 Å². The number of nitrogens with zero attached hydrogens (tertiary/aromatic N) is 4. The Morgan fingerprint density at radius 2 is 1.96 bits per heavy atom. The summed E-state index contributed by atoms with van der Waals surface area (Å²) in [5, 5.41) is 14.7. The number of carboxylic acids is 1. The number of aryl methyl sites for hydroxylation is 1. The number of aromatic nitrogens is 4. The lowest BCUT2D eigenvalue weighted by Crippen LogP contribution is -2.25. The molecule has 0 saturated carbocycles. The van der Waals surface area contributed by atoms with Gasteiger partial charge in [-0.1, -0.05) is 11.6 Å². The molecule has 3 rings (SSSR count). The number of anilines is 1. The highest BCUT2D eigenvalue weighted by molar-refractivity contribution is 7.92. The van der Waals surface area contributed by atoms with Crippen molar-refractivity contribution in [2.24, 2.45) is 0 Å². The molecule has 0 fully saturated rings. The topological polar surface area (TPSA) is 129 Å². The molecule has 0 amide bonds. The predicted octanol–water partition coefficient (Wildman–Crippen LogP) is 0.559. The summed E-state index contributed by atoms with van der Waals surface area (Å²) < 4.78 is 28.5. The molecule has 0 aliphatic heterocycles. The van der Waals surface area contributed by atoms with Gasteiger partial charge < -0.3 is 9.90 Å². The van der Waals surface area contributed by atoms with E-state index in [1.807, 2.05) is 0 Å². The highest BCUT2D eigenvalue weighted by Crippen LogP contribution is 2.29.